The Balaban J connectivity index is 1.79. The minimum Gasteiger partial charge on any atom is -0.380 e. The third kappa shape index (κ3) is 2.74. The zero-order chi connectivity index (χ0) is 15.6. The maximum absolute atomic E-state index is 12.7. The molecular formula is C19H18O2S. The number of aliphatic hydroxyl groups is 1. The van der Waals surface area contributed by atoms with Crippen LogP contribution in [0.4, 0.5) is 0 Å². The molecule has 1 aliphatic rings. The van der Waals surface area contributed by atoms with Crippen LogP contribution in [0.1, 0.15) is 18.9 Å². The first kappa shape index (κ1) is 15.1. The normalized spacial score (nSPS) is 22.5. The number of rotatable bonds is 4. The molecule has 0 heterocycles. The summed E-state index contributed by atoms with van der Waals surface area (Å²) in [5, 5.41) is 10.7. The minimum atomic E-state index is -1.33. The summed E-state index contributed by atoms with van der Waals surface area (Å²) >= 11 is 1.54. The standard InChI is InChI=1S/C19H18O2S/c1-14(22-16-10-6-3-7-11-16)19(21)13-12-17(18(19)20)15-8-4-2-5-9-15/h2-12,14,21H,13H2,1H3. The van der Waals surface area contributed by atoms with E-state index in [0.29, 0.717) is 12.0 Å². The Labute approximate surface area is 134 Å². The fraction of sp³-hybridized carbons (Fsp3) is 0.211. The van der Waals surface area contributed by atoms with Crippen LogP contribution in [0.5, 0.6) is 0 Å². The minimum absolute atomic E-state index is 0.172. The molecule has 2 aromatic rings. The first-order valence-electron chi connectivity index (χ1n) is 7.36. The summed E-state index contributed by atoms with van der Waals surface area (Å²) in [6.07, 6.45) is 2.23. The van der Waals surface area contributed by atoms with E-state index in [1.165, 1.54) is 11.8 Å². The zero-order valence-electron chi connectivity index (χ0n) is 12.4. The third-order valence-electron chi connectivity index (χ3n) is 4.07. The molecule has 0 aromatic heterocycles. The van der Waals surface area contributed by atoms with Gasteiger partial charge < -0.3 is 5.11 Å². The van der Waals surface area contributed by atoms with Crippen molar-refractivity contribution in [2.45, 2.75) is 29.1 Å². The van der Waals surface area contributed by atoms with Gasteiger partial charge in [0.2, 0.25) is 0 Å². The molecule has 112 valence electrons. The predicted molar refractivity (Wildman–Crippen MR) is 90.8 cm³/mol. The maximum atomic E-state index is 12.7. The Bertz CT molecular complexity index is 694. The summed E-state index contributed by atoms with van der Waals surface area (Å²) in [4.78, 5) is 13.8. The van der Waals surface area contributed by atoms with E-state index < -0.39 is 5.60 Å². The summed E-state index contributed by atoms with van der Waals surface area (Å²) in [5.74, 6) is -0.172. The van der Waals surface area contributed by atoms with Crippen molar-refractivity contribution in [3.8, 4) is 0 Å². The van der Waals surface area contributed by atoms with E-state index in [4.69, 9.17) is 0 Å². The number of benzene rings is 2. The SMILES string of the molecule is CC(Sc1ccccc1)C1(O)CC=C(c2ccccc2)C1=O. The van der Waals surface area contributed by atoms with Crippen LogP contribution < -0.4 is 0 Å². The maximum Gasteiger partial charge on any atom is 0.196 e. The van der Waals surface area contributed by atoms with Gasteiger partial charge in [0.15, 0.2) is 5.78 Å². The molecule has 0 amide bonds. The van der Waals surface area contributed by atoms with Crippen LogP contribution in [0.2, 0.25) is 0 Å². The Morgan fingerprint density at radius 2 is 1.64 bits per heavy atom. The van der Waals surface area contributed by atoms with E-state index in [-0.39, 0.29) is 11.0 Å². The lowest BCUT2D eigenvalue weighted by Gasteiger charge is -2.28. The molecular weight excluding hydrogens is 292 g/mol. The van der Waals surface area contributed by atoms with Gasteiger partial charge in [-0.05, 0) is 24.6 Å². The largest absolute Gasteiger partial charge is 0.380 e. The fourth-order valence-electron chi connectivity index (χ4n) is 2.69. The Kier molecular flexibility index (Phi) is 4.19. The average Bonchev–Trinajstić information content (AvgIpc) is 2.86. The Morgan fingerprint density at radius 1 is 1.05 bits per heavy atom. The van der Waals surface area contributed by atoms with Crippen molar-refractivity contribution in [2.75, 3.05) is 0 Å². The molecule has 2 nitrogen and oxygen atoms in total. The molecule has 0 bridgehead atoms. The molecule has 0 saturated heterocycles. The smallest absolute Gasteiger partial charge is 0.196 e. The number of carbonyl (C=O) groups is 1. The zero-order valence-corrected chi connectivity index (χ0v) is 13.2. The first-order valence-corrected chi connectivity index (χ1v) is 8.24. The van der Waals surface area contributed by atoms with Gasteiger partial charge in [-0.2, -0.15) is 0 Å². The van der Waals surface area contributed by atoms with Gasteiger partial charge in [-0.15, -0.1) is 11.8 Å². The molecule has 3 rings (SSSR count). The molecule has 1 aliphatic carbocycles. The molecule has 3 heteroatoms. The molecule has 2 unspecified atom stereocenters. The molecule has 2 atom stereocenters. The van der Waals surface area contributed by atoms with Crippen molar-refractivity contribution < 1.29 is 9.90 Å². The Morgan fingerprint density at radius 3 is 2.27 bits per heavy atom. The van der Waals surface area contributed by atoms with Crippen LogP contribution in [0.15, 0.2) is 71.6 Å². The van der Waals surface area contributed by atoms with E-state index in [2.05, 4.69) is 0 Å². The molecule has 0 spiro atoms. The quantitative estimate of drug-likeness (QED) is 0.869. The summed E-state index contributed by atoms with van der Waals surface area (Å²) < 4.78 is 0. The number of hydrogen-bond donors (Lipinski definition) is 1. The summed E-state index contributed by atoms with van der Waals surface area (Å²) in [7, 11) is 0. The van der Waals surface area contributed by atoms with Gasteiger partial charge in [-0.1, -0.05) is 54.6 Å². The molecule has 22 heavy (non-hydrogen) atoms. The van der Waals surface area contributed by atoms with Gasteiger partial charge in [-0.3, -0.25) is 4.79 Å². The van der Waals surface area contributed by atoms with Gasteiger partial charge in [0.25, 0.3) is 0 Å². The molecule has 0 saturated carbocycles. The highest BCUT2D eigenvalue weighted by atomic mass is 32.2. The second-order valence-corrected chi connectivity index (χ2v) is 6.93. The van der Waals surface area contributed by atoms with Crippen LogP contribution in [0, 0.1) is 0 Å². The monoisotopic (exact) mass is 310 g/mol. The number of carbonyl (C=O) groups excluding carboxylic acids is 1. The third-order valence-corrected chi connectivity index (χ3v) is 5.36. The molecule has 0 fully saturated rings. The first-order chi connectivity index (χ1) is 10.6. The lowest BCUT2D eigenvalue weighted by Crippen LogP contribution is -2.43. The van der Waals surface area contributed by atoms with Crippen molar-refractivity contribution >= 4 is 23.1 Å². The highest BCUT2D eigenvalue weighted by Gasteiger charge is 2.46. The summed E-state index contributed by atoms with van der Waals surface area (Å²) in [6.45, 7) is 1.91. The van der Waals surface area contributed by atoms with Crippen molar-refractivity contribution in [2.24, 2.45) is 0 Å². The lowest BCUT2D eigenvalue weighted by atomic mass is 9.92. The molecule has 0 aliphatic heterocycles. The van der Waals surface area contributed by atoms with Gasteiger partial charge >= 0.3 is 0 Å². The van der Waals surface area contributed by atoms with E-state index in [9.17, 15) is 9.90 Å². The van der Waals surface area contributed by atoms with Gasteiger partial charge in [0.05, 0.1) is 0 Å². The number of ketones is 1. The highest BCUT2D eigenvalue weighted by Crippen LogP contribution is 2.40. The van der Waals surface area contributed by atoms with Crippen LogP contribution in [-0.2, 0) is 4.79 Å². The number of hydrogen-bond acceptors (Lipinski definition) is 3. The lowest BCUT2D eigenvalue weighted by molar-refractivity contribution is -0.129. The number of thioether (sulfide) groups is 1. The fourth-order valence-corrected chi connectivity index (χ4v) is 3.81. The van der Waals surface area contributed by atoms with Crippen molar-refractivity contribution in [3.05, 3.63) is 72.3 Å². The van der Waals surface area contributed by atoms with Gasteiger partial charge in [0.1, 0.15) is 5.60 Å². The second kappa shape index (κ2) is 6.11. The van der Waals surface area contributed by atoms with E-state index in [1.54, 1.807) is 0 Å². The topological polar surface area (TPSA) is 37.3 Å². The van der Waals surface area contributed by atoms with Crippen LogP contribution >= 0.6 is 11.8 Å². The van der Waals surface area contributed by atoms with Crippen LogP contribution in [0.3, 0.4) is 0 Å². The van der Waals surface area contributed by atoms with Gasteiger partial charge in [0, 0.05) is 22.1 Å². The Hall–Kier alpha value is -1.84. The number of Topliss-reactive ketones (excluding diaryl/α,β-unsaturated/α-hetero) is 1. The summed E-state index contributed by atoms with van der Waals surface area (Å²) in [5.41, 5.74) is 0.176. The van der Waals surface area contributed by atoms with Crippen molar-refractivity contribution in [1.29, 1.82) is 0 Å². The molecule has 1 N–H and O–H groups in total. The van der Waals surface area contributed by atoms with Crippen LogP contribution in [-0.4, -0.2) is 21.7 Å². The predicted octanol–water partition coefficient (Wildman–Crippen LogP) is 3.95. The second-order valence-electron chi connectivity index (χ2n) is 5.51. The van der Waals surface area contributed by atoms with E-state index in [0.717, 1.165) is 10.5 Å². The molecule has 2 aromatic carbocycles. The van der Waals surface area contributed by atoms with E-state index in [1.807, 2.05) is 73.7 Å². The average molecular weight is 310 g/mol. The van der Waals surface area contributed by atoms with Crippen molar-refractivity contribution in [3.63, 3.8) is 0 Å². The summed E-state index contributed by atoms with van der Waals surface area (Å²) in [6, 6.07) is 19.4. The van der Waals surface area contributed by atoms with Crippen LogP contribution in [0.25, 0.3) is 5.57 Å². The highest BCUT2D eigenvalue weighted by molar-refractivity contribution is 8.00. The van der Waals surface area contributed by atoms with Gasteiger partial charge in [-0.25, -0.2) is 0 Å². The van der Waals surface area contributed by atoms with E-state index >= 15 is 0 Å². The molecule has 0 radical (unpaired) electrons. The van der Waals surface area contributed by atoms with Crippen molar-refractivity contribution in [1.82, 2.24) is 0 Å².